The minimum atomic E-state index is -0.513. The first-order valence-corrected chi connectivity index (χ1v) is 7.05. The normalized spacial score (nSPS) is 22.5. The minimum absolute atomic E-state index is 0.160. The maximum absolute atomic E-state index is 13.2. The Labute approximate surface area is 118 Å². The van der Waals surface area contributed by atoms with Crippen molar-refractivity contribution in [2.45, 2.75) is 25.7 Å². The molecule has 2 atom stereocenters. The highest BCUT2D eigenvalue weighted by molar-refractivity contribution is 5.95. The second kappa shape index (κ2) is 6.70. The number of anilines is 1. The van der Waals surface area contributed by atoms with Crippen molar-refractivity contribution in [1.82, 2.24) is 5.32 Å². The first-order chi connectivity index (χ1) is 9.60. The maximum Gasteiger partial charge on any atom is 0.251 e. The van der Waals surface area contributed by atoms with Gasteiger partial charge >= 0.3 is 0 Å². The summed E-state index contributed by atoms with van der Waals surface area (Å²) < 4.78 is 13.2. The molecule has 0 aliphatic heterocycles. The number of hydrogen-bond donors (Lipinski definition) is 3. The molecule has 4 nitrogen and oxygen atoms in total. The molecule has 0 saturated heterocycles. The molecule has 2 rings (SSSR count). The van der Waals surface area contributed by atoms with Gasteiger partial charge in [-0.25, -0.2) is 4.39 Å². The van der Waals surface area contributed by atoms with Crippen molar-refractivity contribution in [1.29, 1.82) is 0 Å². The quantitative estimate of drug-likeness (QED) is 0.738. The van der Waals surface area contributed by atoms with E-state index < -0.39 is 5.82 Å². The Kier molecular flexibility index (Phi) is 4.95. The molecule has 0 radical (unpaired) electrons. The van der Waals surface area contributed by atoms with Crippen LogP contribution in [0.15, 0.2) is 18.2 Å². The summed E-state index contributed by atoms with van der Waals surface area (Å²) in [6, 6.07) is 3.82. The largest absolute Gasteiger partial charge is 0.399 e. The van der Waals surface area contributed by atoms with Crippen LogP contribution in [0, 0.1) is 17.7 Å². The molecule has 0 heterocycles. The number of carbonyl (C=O) groups excluding carboxylic acids is 1. The summed E-state index contributed by atoms with van der Waals surface area (Å²) >= 11 is 0. The van der Waals surface area contributed by atoms with E-state index in [9.17, 15) is 14.3 Å². The van der Waals surface area contributed by atoms with Crippen molar-refractivity contribution in [3.63, 3.8) is 0 Å². The molecule has 5 heteroatoms. The Bertz CT molecular complexity index is 459. The van der Waals surface area contributed by atoms with Gasteiger partial charge in [0.2, 0.25) is 0 Å². The van der Waals surface area contributed by atoms with Crippen molar-refractivity contribution in [3.8, 4) is 0 Å². The van der Waals surface area contributed by atoms with Gasteiger partial charge in [0, 0.05) is 24.4 Å². The predicted octanol–water partition coefficient (Wildman–Crippen LogP) is 1.94. The lowest BCUT2D eigenvalue weighted by Gasteiger charge is -2.30. The van der Waals surface area contributed by atoms with Crippen LogP contribution in [0.4, 0.5) is 10.1 Å². The monoisotopic (exact) mass is 280 g/mol. The van der Waals surface area contributed by atoms with Gasteiger partial charge in [-0.15, -0.1) is 0 Å². The standard InChI is InChI=1S/C15H21FN2O2/c16-13-5-12(6-14(17)7-13)15(20)18-8-10-3-1-2-4-11(10)9-19/h5-7,10-11,19H,1-4,8-9,17H2,(H,18,20). The summed E-state index contributed by atoms with van der Waals surface area (Å²) in [5.74, 6) is -0.287. The van der Waals surface area contributed by atoms with Crippen molar-refractivity contribution >= 4 is 11.6 Å². The molecule has 1 aromatic carbocycles. The Morgan fingerprint density at radius 1 is 1.30 bits per heavy atom. The summed E-state index contributed by atoms with van der Waals surface area (Å²) in [5, 5.41) is 12.2. The van der Waals surface area contributed by atoms with Crippen LogP contribution in [-0.2, 0) is 0 Å². The van der Waals surface area contributed by atoms with Crippen LogP contribution < -0.4 is 11.1 Å². The van der Waals surface area contributed by atoms with Gasteiger partial charge in [-0.2, -0.15) is 0 Å². The Morgan fingerprint density at radius 3 is 2.65 bits per heavy atom. The molecule has 1 amide bonds. The van der Waals surface area contributed by atoms with E-state index in [0.717, 1.165) is 25.7 Å². The van der Waals surface area contributed by atoms with Crippen LogP contribution in [0.5, 0.6) is 0 Å². The Hall–Kier alpha value is -1.62. The number of amides is 1. The first-order valence-electron chi connectivity index (χ1n) is 7.05. The summed E-state index contributed by atoms with van der Waals surface area (Å²) in [7, 11) is 0. The molecule has 0 spiro atoms. The lowest BCUT2D eigenvalue weighted by Crippen LogP contribution is -2.35. The van der Waals surface area contributed by atoms with Gasteiger partial charge in [-0.3, -0.25) is 4.79 Å². The van der Waals surface area contributed by atoms with Crippen molar-refractivity contribution in [2.24, 2.45) is 11.8 Å². The average Bonchev–Trinajstić information content (AvgIpc) is 2.44. The number of aliphatic hydroxyl groups excluding tert-OH is 1. The zero-order chi connectivity index (χ0) is 14.5. The minimum Gasteiger partial charge on any atom is -0.399 e. The molecule has 1 fully saturated rings. The van der Waals surface area contributed by atoms with E-state index in [2.05, 4.69) is 5.32 Å². The number of nitrogens with one attached hydrogen (secondary N) is 1. The highest BCUT2D eigenvalue weighted by Gasteiger charge is 2.24. The van der Waals surface area contributed by atoms with Crippen LogP contribution in [0.3, 0.4) is 0 Å². The summed E-state index contributed by atoms with van der Waals surface area (Å²) in [5.41, 5.74) is 6.00. The molecule has 0 bridgehead atoms. The van der Waals surface area contributed by atoms with Crippen LogP contribution >= 0.6 is 0 Å². The van der Waals surface area contributed by atoms with Crippen LogP contribution in [0.25, 0.3) is 0 Å². The van der Waals surface area contributed by atoms with Gasteiger partial charge in [0.15, 0.2) is 0 Å². The highest BCUT2D eigenvalue weighted by Crippen LogP contribution is 2.29. The summed E-state index contributed by atoms with van der Waals surface area (Å²) in [6.45, 7) is 0.675. The van der Waals surface area contributed by atoms with Gasteiger partial charge in [-0.1, -0.05) is 12.8 Å². The van der Waals surface area contributed by atoms with Crippen LogP contribution in [0.2, 0.25) is 0 Å². The number of halogens is 1. The molecule has 1 aromatic rings. The Morgan fingerprint density at radius 2 is 2.00 bits per heavy atom. The van der Waals surface area contributed by atoms with Crippen molar-refractivity contribution < 1.29 is 14.3 Å². The smallest absolute Gasteiger partial charge is 0.251 e. The lowest BCUT2D eigenvalue weighted by molar-refractivity contribution is 0.0909. The molecule has 1 saturated carbocycles. The Balaban J connectivity index is 1.94. The van der Waals surface area contributed by atoms with E-state index in [0.29, 0.717) is 12.5 Å². The molecule has 110 valence electrons. The topological polar surface area (TPSA) is 75.4 Å². The second-order valence-corrected chi connectivity index (χ2v) is 5.47. The number of nitrogens with two attached hydrogens (primary N) is 1. The van der Waals surface area contributed by atoms with E-state index >= 15 is 0 Å². The third kappa shape index (κ3) is 3.70. The molecule has 2 unspecified atom stereocenters. The second-order valence-electron chi connectivity index (χ2n) is 5.47. The zero-order valence-corrected chi connectivity index (χ0v) is 11.4. The van der Waals surface area contributed by atoms with Crippen LogP contribution in [0.1, 0.15) is 36.0 Å². The highest BCUT2D eigenvalue weighted by atomic mass is 19.1. The van der Waals surface area contributed by atoms with Gasteiger partial charge in [-0.05, 0) is 42.9 Å². The number of hydrogen-bond acceptors (Lipinski definition) is 3. The molecule has 20 heavy (non-hydrogen) atoms. The zero-order valence-electron chi connectivity index (χ0n) is 11.4. The molecular formula is C15H21FN2O2. The molecule has 1 aliphatic carbocycles. The third-order valence-electron chi connectivity index (χ3n) is 4.01. The average molecular weight is 280 g/mol. The molecule has 0 aromatic heterocycles. The number of rotatable bonds is 4. The van der Waals surface area contributed by atoms with Crippen LogP contribution in [-0.4, -0.2) is 24.2 Å². The number of aliphatic hydroxyl groups is 1. The van der Waals surface area contributed by atoms with E-state index in [-0.39, 0.29) is 29.7 Å². The maximum atomic E-state index is 13.2. The molecular weight excluding hydrogens is 259 g/mol. The fraction of sp³-hybridized carbons (Fsp3) is 0.533. The molecule has 4 N–H and O–H groups in total. The van der Waals surface area contributed by atoms with E-state index in [4.69, 9.17) is 5.73 Å². The van der Waals surface area contributed by atoms with Crippen molar-refractivity contribution in [3.05, 3.63) is 29.6 Å². The lowest BCUT2D eigenvalue weighted by atomic mass is 9.79. The summed E-state index contributed by atoms with van der Waals surface area (Å²) in [6.07, 6.45) is 4.28. The number of benzene rings is 1. The van der Waals surface area contributed by atoms with E-state index in [1.54, 1.807) is 0 Å². The number of nitrogen functional groups attached to an aromatic ring is 1. The number of carbonyl (C=O) groups is 1. The van der Waals surface area contributed by atoms with Gasteiger partial charge < -0.3 is 16.2 Å². The predicted molar refractivity (Wildman–Crippen MR) is 75.7 cm³/mol. The SMILES string of the molecule is Nc1cc(F)cc(C(=O)NCC2CCCCC2CO)c1. The van der Waals surface area contributed by atoms with E-state index in [1.807, 2.05) is 0 Å². The van der Waals surface area contributed by atoms with Gasteiger partial charge in [0.1, 0.15) is 5.82 Å². The van der Waals surface area contributed by atoms with Gasteiger partial charge in [0.05, 0.1) is 0 Å². The van der Waals surface area contributed by atoms with E-state index in [1.165, 1.54) is 18.2 Å². The summed E-state index contributed by atoms with van der Waals surface area (Å²) in [4.78, 5) is 12.0. The fourth-order valence-corrected chi connectivity index (χ4v) is 2.86. The first kappa shape index (κ1) is 14.8. The van der Waals surface area contributed by atoms with Crippen molar-refractivity contribution in [2.75, 3.05) is 18.9 Å². The van der Waals surface area contributed by atoms with Gasteiger partial charge in [0.25, 0.3) is 5.91 Å². The molecule has 1 aliphatic rings. The fourth-order valence-electron chi connectivity index (χ4n) is 2.86. The third-order valence-corrected chi connectivity index (χ3v) is 4.01.